The number of aliphatic carboxylic acids is 1. The first-order chi connectivity index (χ1) is 12.5. The molecule has 1 saturated heterocycles. The maximum absolute atomic E-state index is 12.4. The van der Waals surface area contributed by atoms with Crippen LogP contribution in [-0.4, -0.2) is 34.3 Å². The molecule has 2 fully saturated rings. The molecule has 0 atom stereocenters. The van der Waals surface area contributed by atoms with Crippen molar-refractivity contribution in [2.45, 2.75) is 51.6 Å². The molecule has 1 aliphatic carbocycles. The van der Waals surface area contributed by atoms with Gasteiger partial charge in [0.05, 0.1) is 5.92 Å². The zero-order valence-electron chi connectivity index (χ0n) is 14.9. The fraction of sp³-hybridized carbons (Fsp3) is 0.550. The van der Waals surface area contributed by atoms with Crippen molar-refractivity contribution in [1.82, 2.24) is 10.2 Å². The lowest BCUT2D eigenvalue weighted by Gasteiger charge is -2.25. The predicted octanol–water partition coefficient (Wildman–Crippen LogP) is 2.32. The van der Waals surface area contributed by atoms with Crippen molar-refractivity contribution in [2.75, 3.05) is 6.54 Å². The smallest absolute Gasteiger partial charge is 0.306 e. The number of hydrogen-bond acceptors (Lipinski definition) is 3. The Bertz CT molecular complexity index is 680. The molecule has 26 heavy (non-hydrogen) atoms. The number of rotatable bonds is 6. The lowest BCUT2D eigenvalue weighted by Crippen LogP contribution is -2.34. The molecule has 2 amide bonds. The summed E-state index contributed by atoms with van der Waals surface area (Å²) in [6, 6.07) is 7.88. The zero-order valence-corrected chi connectivity index (χ0v) is 14.9. The Morgan fingerprint density at radius 2 is 1.73 bits per heavy atom. The molecule has 0 bridgehead atoms. The minimum Gasteiger partial charge on any atom is -0.481 e. The summed E-state index contributed by atoms with van der Waals surface area (Å²) in [6.45, 7) is 1.83. The maximum Gasteiger partial charge on any atom is 0.306 e. The molecule has 140 valence electrons. The van der Waals surface area contributed by atoms with Gasteiger partial charge in [-0.1, -0.05) is 24.3 Å². The van der Waals surface area contributed by atoms with Crippen LogP contribution in [0.1, 0.15) is 49.7 Å². The van der Waals surface area contributed by atoms with Gasteiger partial charge in [0.15, 0.2) is 0 Å². The van der Waals surface area contributed by atoms with Crippen molar-refractivity contribution in [2.24, 2.45) is 11.8 Å². The highest BCUT2D eigenvalue weighted by Crippen LogP contribution is 2.29. The van der Waals surface area contributed by atoms with Crippen molar-refractivity contribution >= 4 is 17.8 Å². The fourth-order valence-corrected chi connectivity index (χ4v) is 3.89. The minimum atomic E-state index is -0.755. The number of likely N-dealkylation sites (tertiary alicyclic amines) is 1. The molecular weight excluding hydrogens is 332 g/mol. The van der Waals surface area contributed by atoms with Gasteiger partial charge in [-0.25, -0.2) is 0 Å². The van der Waals surface area contributed by atoms with E-state index in [1.807, 2.05) is 29.2 Å². The monoisotopic (exact) mass is 358 g/mol. The standard InChI is InChI=1S/C20H26N2O4/c23-18-6-3-11-22(18)13-17-5-2-1-4-16(17)12-21-19(24)14-7-9-15(10-8-14)20(25)26/h1-2,4-5,14-15H,3,6-13H2,(H,21,24)(H,25,26). The van der Waals surface area contributed by atoms with Crippen LogP contribution >= 0.6 is 0 Å². The van der Waals surface area contributed by atoms with Gasteiger partial charge in [-0.3, -0.25) is 14.4 Å². The molecule has 3 rings (SSSR count). The lowest BCUT2D eigenvalue weighted by molar-refractivity contribution is -0.144. The summed E-state index contributed by atoms with van der Waals surface area (Å²) >= 11 is 0. The van der Waals surface area contributed by atoms with Crippen molar-refractivity contribution in [3.05, 3.63) is 35.4 Å². The average Bonchev–Trinajstić information content (AvgIpc) is 3.05. The van der Waals surface area contributed by atoms with E-state index < -0.39 is 5.97 Å². The molecule has 2 N–H and O–H groups in total. The molecule has 0 spiro atoms. The Morgan fingerprint density at radius 1 is 1.08 bits per heavy atom. The van der Waals surface area contributed by atoms with Crippen molar-refractivity contribution < 1.29 is 19.5 Å². The average molecular weight is 358 g/mol. The Balaban J connectivity index is 1.54. The number of carboxylic acids is 1. The molecule has 0 aromatic heterocycles. The van der Waals surface area contributed by atoms with E-state index in [9.17, 15) is 14.4 Å². The van der Waals surface area contributed by atoms with E-state index in [1.54, 1.807) is 0 Å². The molecular formula is C20H26N2O4. The summed E-state index contributed by atoms with van der Waals surface area (Å²) in [5.74, 6) is -0.968. The molecule has 2 aliphatic rings. The van der Waals surface area contributed by atoms with Gasteiger partial charge in [0.25, 0.3) is 0 Å². The van der Waals surface area contributed by atoms with E-state index in [0.29, 0.717) is 45.2 Å². The fourth-order valence-electron chi connectivity index (χ4n) is 3.89. The minimum absolute atomic E-state index is 0.000825. The van der Waals surface area contributed by atoms with Crippen LogP contribution in [0.15, 0.2) is 24.3 Å². The Morgan fingerprint density at radius 3 is 2.35 bits per heavy atom. The normalized spacial score (nSPS) is 23.1. The second-order valence-electron chi connectivity index (χ2n) is 7.29. The van der Waals surface area contributed by atoms with Crippen LogP contribution in [-0.2, 0) is 27.5 Å². The second-order valence-corrected chi connectivity index (χ2v) is 7.29. The van der Waals surface area contributed by atoms with E-state index in [2.05, 4.69) is 5.32 Å². The van der Waals surface area contributed by atoms with Gasteiger partial charge in [0, 0.05) is 32.0 Å². The van der Waals surface area contributed by atoms with Crippen LogP contribution in [0.2, 0.25) is 0 Å². The SMILES string of the molecule is O=C(O)C1CCC(C(=O)NCc2ccccc2CN2CCCC2=O)CC1. The van der Waals surface area contributed by atoms with Gasteiger partial charge in [-0.05, 0) is 43.2 Å². The third-order valence-corrected chi connectivity index (χ3v) is 5.55. The van der Waals surface area contributed by atoms with Gasteiger partial charge in [0.1, 0.15) is 0 Å². The Hall–Kier alpha value is -2.37. The number of hydrogen-bond donors (Lipinski definition) is 2. The molecule has 0 unspecified atom stereocenters. The largest absolute Gasteiger partial charge is 0.481 e. The van der Waals surface area contributed by atoms with Gasteiger partial charge in [-0.2, -0.15) is 0 Å². The van der Waals surface area contributed by atoms with E-state index in [-0.39, 0.29) is 23.7 Å². The Labute approximate surface area is 153 Å². The van der Waals surface area contributed by atoms with Gasteiger partial charge >= 0.3 is 5.97 Å². The third-order valence-electron chi connectivity index (χ3n) is 5.55. The van der Waals surface area contributed by atoms with E-state index in [1.165, 1.54) is 0 Å². The summed E-state index contributed by atoms with van der Waals surface area (Å²) in [5.41, 5.74) is 2.09. The number of nitrogens with zero attached hydrogens (tertiary/aromatic N) is 1. The van der Waals surface area contributed by atoms with Crippen molar-refractivity contribution in [1.29, 1.82) is 0 Å². The molecule has 1 heterocycles. The van der Waals surface area contributed by atoms with E-state index >= 15 is 0 Å². The first-order valence-electron chi connectivity index (χ1n) is 9.39. The molecule has 1 aromatic carbocycles. The van der Waals surface area contributed by atoms with Crippen molar-refractivity contribution in [3.63, 3.8) is 0 Å². The summed E-state index contributed by atoms with van der Waals surface area (Å²) < 4.78 is 0. The maximum atomic E-state index is 12.4. The quantitative estimate of drug-likeness (QED) is 0.817. The van der Waals surface area contributed by atoms with Gasteiger partial charge in [-0.15, -0.1) is 0 Å². The molecule has 1 saturated carbocycles. The zero-order chi connectivity index (χ0) is 18.5. The van der Waals surface area contributed by atoms with Crippen LogP contribution in [0.4, 0.5) is 0 Å². The van der Waals surface area contributed by atoms with Crippen LogP contribution in [0.25, 0.3) is 0 Å². The molecule has 1 aliphatic heterocycles. The Kier molecular flexibility index (Phi) is 5.91. The second kappa shape index (κ2) is 8.34. The molecule has 0 radical (unpaired) electrons. The molecule has 6 heteroatoms. The number of carbonyl (C=O) groups is 3. The summed E-state index contributed by atoms with van der Waals surface area (Å²) in [4.78, 5) is 37.2. The summed E-state index contributed by atoms with van der Waals surface area (Å²) in [6.07, 6.45) is 3.94. The van der Waals surface area contributed by atoms with Crippen LogP contribution in [0, 0.1) is 11.8 Å². The highest BCUT2D eigenvalue weighted by Gasteiger charge is 2.29. The van der Waals surface area contributed by atoms with E-state index in [0.717, 1.165) is 24.1 Å². The first kappa shape index (κ1) is 18.4. The van der Waals surface area contributed by atoms with Gasteiger partial charge < -0.3 is 15.3 Å². The van der Waals surface area contributed by atoms with Crippen LogP contribution in [0.5, 0.6) is 0 Å². The molecule has 1 aromatic rings. The van der Waals surface area contributed by atoms with Gasteiger partial charge in [0.2, 0.25) is 11.8 Å². The van der Waals surface area contributed by atoms with E-state index in [4.69, 9.17) is 5.11 Å². The number of carboxylic acid groups (broad SMARTS) is 1. The first-order valence-corrected chi connectivity index (χ1v) is 9.39. The number of nitrogens with one attached hydrogen (secondary N) is 1. The van der Waals surface area contributed by atoms with Crippen LogP contribution < -0.4 is 5.32 Å². The number of carbonyl (C=O) groups excluding carboxylic acids is 2. The van der Waals surface area contributed by atoms with Crippen LogP contribution in [0.3, 0.4) is 0 Å². The highest BCUT2D eigenvalue weighted by atomic mass is 16.4. The third kappa shape index (κ3) is 4.42. The predicted molar refractivity (Wildman–Crippen MR) is 96.0 cm³/mol. The topological polar surface area (TPSA) is 86.7 Å². The summed E-state index contributed by atoms with van der Waals surface area (Å²) in [7, 11) is 0. The highest BCUT2D eigenvalue weighted by molar-refractivity contribution is 5.79. The number of amides is 2. The van der Waals surface area contributed by atoms with Crippen molar-refractivity contribution in [3.8, 4) is 0 Å². The summed E-state index contributed by atoms with van der Waals surface area (Å²) in [5, 5.41) is 12.1. The number of benzene rings is 1. The molecule has 6 nitrogen and oxygen atoms in total. The lowest BCUT2D eigenvalue weighted by atomic mass is 9.81.